The van der Waals surface area contributed by atoms with Crippen LogP contribution in [-0.2, 0) is 9.84 Å². The van der Waals surface area contributed by atoms with Crippen LogP contribution >= 0.6 is 0 Å². The maximum Gasteiger partial charge on any atom is 0.150 e. The zero-order chi connectivity index (χ0) is 10.2. The minimum atomic E-state index is -2.67. The number of rotatable bonds is 2. The molecule has 0 aromatic carbocycles. The summed E-state index contributed by atoms with van der Waals surface area (Å²) in [5.41, 5.74) is 0. The lowest BCUT2D eigenvalue weighted by molar-refractivity contribution is 0.215. The topological polar surface area (TPSA) is 34.1 Å². The highest BCUT2D eigenvalue weighted by molar-refractivity contribution is 7.91. The van der Waals surface area contributed by atoms with Crippen LogP contribution in [0, 0.1) is 17.8 Å². The molecule has 1 saturated carbocycles. The van der Waals surface area contributed by atoms with Crippen LogP contribution in [0.4, 0.5) is 0 Å². The molecule has 1 saturated heterocycles. The standard InChI is InChI=1S/C11H20O2S/c1-2-3-9-4-5-10-7-14(12,13)8-11(10)6-9/h9-11H,2-8H2,1H3. The van der Waals surface area contributed by atoms with E-state index < -0.39 is 9.84 Å². The molecule has 2 fully saturated rings. The van der Waals surface area contributed by atoms with Crippen LogP contribution in [-0.4, -0.2) is 19.9 Å². The molecule has 0 bridgehead atoms. The largest absolute Gasteiger partial charge is 0.229 e. The molecular weight excluding hydrogens is 196 g/mol. The highest BCUT2D eigenvalue weighted by Crippen LogP contribution is 2.41. The fraction of sp³-hybridized carbons (Fsp3) is 1.00. The fourth-order valence-corrected chi connectivity index (χ4v) is 5.53. The van der Waals surface area contributed by atoms with Crippen LogP contribution in [0.25, 0.3) is 0 Å². The van der Waals surface area contributed by atoms with Crippen molar-refractivity contribution in [1.82, 2.24) is 0 Å². The molecule has 82 valence electrons. The van der Waals surface area contributed by atoms with Gasteiger partial charge in [-0.2, -0.15) is 0 Å². The van der Waals surface area contributed by atoms with Crippen LogP contribution in [0.2, 0.25) is 0 Å². The highest BCUT2D eigenvalue weighted by atomic mass is 32.2. The fourth-order valence-electron chi connectivity index (χ4n) is 3.24. The van der Waals surface area contributed by atoms with Gasteiger partial charge >= 0.3 is 0 Å². The summed E-state index contributed by atoms with van der Waals surface area (Å²) in [7, 11) is -2.67. The lowest BCUT2D eigenvalue weighted by atomic mass is 9.74. The summed E-state index contributed by atoms with van der Waals surface area (Å²) in [5, 5.41) is 0. The molecule has 0 amide bonds. The van der Waals surface area contributed by atoms with Crippen molar-refractivity contribution in [2.24, 2.45) is 17.8 Å². The molecule has 0 spiro atoms. The van der Waals surface area contributed by atoms with Crippen LogP contribution in [0.15, 0.2) is 0 Å². The van der Waals surface area contributed by atoms with Crippen LogP contribution < -0.4 is 0 Å². The second-order valence-corrected chi connectivity index (χ2v) is 7.22. The summed E-state index contributed by atoms with van der Waals surface area (Å²) >= 11 is 0. The Labute approximate surface area is 87.0 Å². The average Bonchev–Trinajstić information content (AvgIpc) is 2.38. The zero-order valence-electron chi connectivity index (χ0n) is 8.91. The van der Waals surface area contributed by atoms with Crippen molar-refractivity contribution in [3.63, 3.8) is 0 Å². The third kappa shape index (κ3) is 2.13. The van der Waals surface area contributed by atoms with Gasteiger partial charge < -0.3 is 0 Å². The van der Waals surface area contributed by atoms with Gasteiger partial charge in [0.1, 0.15) is 0 Å². The molecule has 1 aliphatic carbocycles. The van der Waals surface area contributed by atoms with Gasteiger partial charge in [0.15, 0.2) is 9.84 Å². The van der Waals surface area contributed by atoms with Gasteiger partial charge in [-0.25, -0.2) is 8.42 Å². The van der Waals surface area contributed by atoms with E-state index in [4.69, 9.17) is 0 Å². The summed E-state index contributed by atoms with van der Waals surface area (Å²) in [6.07, 6.45) is 6.15. The van der Waals surface area contributed by atoms with Crippen molar-refractivity contribution < 1.29 is 8.42 Å². The van der Waals surface area contributed by atoms with Gasteiger partial charge in [0.2, 0.25) is 0 Å². The van der Waals surface area contributed by atoms with Crippen molar-refractivity contribution >= 4 is 9.84 Å². The normalized spacial score (nSPS) is 40.8. The molecule has 2 aliphatic rings. The smallest absolute Gasteiger partial charge is 0.150 e. The first kappa shape index (κ1) is 10.5. The van der Waals surface area contributed by atoms with Gasteiger partial charge in [-0.3, -0.25) is 0 Å². The first-order chi connectivity index (χ1) is 6.61. The molecule has 3 unspecified atom stereocenters. The Morgan fingerprint density at radius 2 is 1.86 bits per heavy atom. The lowest BCUT2D eigenvalue weighted by Gasteiger charge is -2.30. The predicted octanol–water partition coefficient (Wildman–Crippen LogP) is 2.25. The zero-order valence-corrected chi connectivity index (χ0v) is 9.72. The summed E-state index contributed by atoms with van der Waals surface area (Å²) in [4.78, 5) is 0. The third-order valence-electron chi connectivity index (χ3n) is 3.88. The predicted molar refractivity (Wildman–Crippen MR) is 57.9 cm³/mol. The first-order valence-corrected chi connectivity index (χ1v) is 7.63. The van der Waals surface area contributed by atoms with E-state index in [1.807, 2.05) is 0 Å². The second kappa shape index (κ2) is 3.84. The Balaban J connectivity index is 1.98. The van der Waals surface area contributed by atoms with Gasteiger partial charge in [-0.15, -0.1) is 0 Å². The Morgan fingerprint density at radius 3 is 2.57 bits per heavy atom. The molecule has 14 heavy (non-hydrogen) atoms. The Morgan fingerprint density at radius 1 is 1.14 bits per heavy atom. The summed E-state index contributed by atoms with van der Waals surface area (Å²) in [6, 6.07) is 0. The van der Waals surface area contributed by atoms with Gasteiger partial charge in [0, 0.05) is 0 Å². The third-order valence-corrected chi connectivity index (χ3v) is 5.75. The van der Waals surface area contributed by atoms with E-state index in [9.17, 15) is 8.42 Å². The minimum Gasteiger partial charge on any atom is -0.229 e. The second-order valence-electron chi connectivity index (χ2n) is 5.06. The number of hydrogen-bond acceptors (Lipinski definition) is 2. The number of hydrogen-bond donors (Lipinski definition) is 0. The quantitative estimate of drug-likeness (QED) is 0.709. The molecule has 3 heteroatoms. The minimum absolute atomic E-state index is 0.483. The Kier molecular flexibility index (Phi) is 2.87. The van der Waals surface area contributed by atoms with Crippen molar-refractivity contribution in [2.45, 2.75) is 39.0 Å². The molecule has 2 nitrogen and oxygen atoms in total. The first-order valence-electron chi connectivity index (χ1n) is 5.81. The Bertz CT molecular complexity index is 294. The van der Waals surface area contributed by atoms with E-state index >= 15 is 0 Å². The van der Waals surface area contributed by atoms with Gasteiger partial charge in [0.05, 0.1) is 11.5 Å². The Hall–Kier alpha value is -0.0500. The van der Waals surface area contributed by atoms with Gasteiger partial charge in [0.25, 0.3) is 0 Å². The maximum atomic E-state index is 11.5. The van der Waals surface area contributed by atoms with Gasteiger partial charge in [-0.1, -0.05) is 26.2 Å². The highest BCUT2D eigenvalue weighted by Gasteiger charge is 2.40. The molecule has 2 rings (SSSR count). The summed E-state index contributed by atoms with van der Waals surface area (Å²) < 4.78 is 22.9. The van der Waals surface area contributed by atoms with E-state index in [0.29, 0.717) is 23.3 Å². The SMILES string of the molecule is CCCC1CCC2CS(=O)(=O)CC2C1. The van der Waals surface area contributed by atoms with Crippen molar-refractivity contribution in [3.8, 4) is 0 Å². The van der Waals surface area contributed by atoms with E-state index in [1.54, 1.807) is 0 Å². The molecular formula is C11H20O2S. The molecule has 0 radical (unpaired) electrons. The van der Waals surface area contributed by atoms with E-state index in [-0.39, 0.29) is 0 Å². The van der Waals surface area contributed by atoms with Crippen LogP contribution in [0.3, 0.4) is 0 Å². The van der Waals surface area contributed by atoms with Crippen molar-refractivity contribution in [2.75, 3.05) is 11.5 Å². The average molecular weight is 216 g/mol. The van der Waals surface area contributed by atoms with E-state index in [1.165, 1.54) is 25.7 Å². The van der Waals surface area contributed by atoms with Crippen LogP contribution in [0.5, 0.6) is 0 Å². The molecule has 1 aliphatic heterocycles. The maximum absolute atomic E-state index is 11.5. The number of sulfone groups is 1. The number of fused-ring (bicyclic) bond motifs is 1. The molecule has 0 aromatic rings. The van der Waals surface area contributed by atoms with E-state index in [2.05, 4.69) is 6.92 Å². The molecule has 0 N–H and O–H groups in total. The monoisotopic (exact) mass is 216 g/mol. The summed E-state index contributed by atoms with van der Waals surface area (Å²) in [5.74, 6) is 2.79. The van der Waals surface area contributed by atoms with Crippen LogP contribution in [0.1, 0.15) is 39.0 Å². The summed E-state index contributed by atoms with van der Waals surface area (Å²) in [6.45, 7) is 2.22. The van der Waals surface area contributed by atoms with E-state index in [0.717, 1.165) is 12.3 Å². The van der Waals surface area contributed by atoms with Crippen molar-refractivity contribution in [3.05, 3.63) is 0 Å². The molecule has 1 heterocycles. The van der Waals surface area contributed by atoms with Gasteiger partial charge in [-0.05, 0) is 30.6 Å². The molecule has 3 atom stereocenters. The van der Waals surface area contributed by atoms with Crippen molar-refractivity contribution in [1.29, 1.82) is 0 Å². The molecule has 0 aromatic heterocycles. The lowest BCUT2D eigenvalue weighted by Crippen LogP contribution is -2.23.